The number of aromatic hydroxyl groups is 2. The lowest BCUT2D eigenvalue weighted by Gasteiger charge is -2.17. The maximum Gasteiger partial charge on any atom is 0.274 e. The van der Waals surface area contributed by atoms with Crippen LogP contribution in [0.15, 0.2) is 36.4 Å². The van der Waals surface area contributed by atoms with E-state index in [-0.39, 0.29) is 23.2 Å². The van der Waals surface area contributed by atoms with Gasteiger partial charge in [-0.3, -0.25) is 10.1 Å². The standard InChI is InChI=1S/C15H16N2O4/c1-9-3-4-11(7-14(9)17(20)21)16-10(2)13-6-5-12(18)8-15(13)19/h3-8,10,16,18-19H,1-2H3. The van der Waals surface area contributed by atoms with Crippen molar-refractivity contribution in [2.24, 2.45) is 0 Å². The third kappa shape index (κ3) is 3.22. The van der Waals surface area contributed by atoms with E-state index in [2.05, 4.69) is 5.32 Å². The van der Waals surface area contributed by atoms with Crippen LogP contribution >= 0.6 is 0 Å². The van der Waals surface area contributed by atoms with Crippen LogP contribution in [0, 0.1) is 17.0 Å². The molecule has 2 aromatic rings. The number of nitrogens with one attached hydrogen (secondary N) is 1. The van der Waals surface area contributed by atoms with Crippen LogP contribution < -0.4 is 5.32 Å². The summed E-state index contributed by atoms with van der Waals surface area (Å²) < 4.78 is 0. The molecular formula is C15H16N2O4. The van der Waals surface area contributed by atoms with Crippen molar-refractivity contribution in [1.29, 1.82) is 0 Å². The Morgan fingerprint density at radius 2 is 1.90 bits per heavy atom. The lowest BCUT2D eigenvalue weighted by Crippen LogP contribution is -2.07. The second-order valence-electron chi connectivity index (χ2n) is 4.87. The van der Waals surface area contributed by atoms with Crippen LogP contribution in [0.25, 0.3) is 0 Å². The van der Waals surface area contributed by atoms with E-state index in [4.69, 9.17) is 0 Å². The van der Waals surface area contributed by atoms with Gasteiger partial charge in [0, 0.05) is 28.9 Å². The van der Waals surface area contributed by atoms with E-state index in [1.807, 2.05) is 6.92 Å². The summed E-state index contributed by atoms with van der Waals surface area (Å²) in [5, 5.41) is 33.1. The largest absolute Gasteiger partial charge is 0.508 e. The van der Waals surface area contributed by atoms with Gasteiger partial charge in [0.1, 0.15) is 11.5 Å². The summed E-state index contributed by atoms with van der Waals surface area (Å²) in [6.07, 6.45) is 0. The minimum atomic E-state index is -0.427. The van der Waals surface area contributed by atoms with Crippen molar-refractivity contribution in [2.45, 2.75) is 19.9 Å². The average molecular weight is 288 g/mol. The number of anilines is 1. The molecule has 6 heteroatoms. The first-order chi connectivity index (χ1) is 9.88. The lowest BCUT2D eigenvalue weighted by atomic mass is 10.1. The Bertz CT molecular complexity index is 685. The third-order valence-electron chi connectivity index (χ3n) is 3.27. The normalized spacial score (nSPS) is 11.9. The van der Waals surface area contributed by atoms with Gasteiger partial charge in [-0.05, 0) is 32.0 Å². The van der Waals surface area contributed by atoms with Crippen LogP contribution in [0.5, 0.6) is 11.5 Å². The predicted octanol–water partition coefficient (Wildman–Crippen LogP) is 3.49. The van der Waals surface area contributed by atoms with Crippen molar-refractivity contribution in [1.82, 2.24) is 0 Å². The minimum absolute atomic E-state index is 0.0191. The van der Waals surface area contributed by atoms with Gasteiger partial charge < -0.3 is 15.5 Å². The molecule has 0 aliphatic carbocycles. The van der Waals surface area contributed by atoms with Crippen LogP contribution in [0.1, 0.15) is 24.1 Å². The zero-order valence-electron chi connectivity index (χ0n) is 11.7. The summed E-state index contributed by atoms with van der Waals surface area (Å²) >= 11 is 0. The number of benzene rings is 2. The van der Waals surface area contributed by atoms with E-state index in [1.165, 1.54) is 18.2 Å². The Kier molecular flexibility index (Phi) is 3.98. The van der Waals surface area contributed by atoms with Crippen molar-refractivity contribution in [3.05, 3.63) is 57.6 Å². The highest BCUT2D eigenvalue weighted by Crippen LogP contribution is 2.31. The second-order valence-corrected chi connectivity index (χ2v) is 4.87. The van der Waals surface area contributed by atoms with Gasteiger partial charge in [-0.2, -0.15) is 0 Å². The van der Waals surface area contributed by atoms with Gasteiger partial charge >= 0.3 is 0 Å². The number of phenolic OH excluding ortho intramolecular Hbond substituents is 2. The zero-order valence-corrected chi connectivity index (χ0v) is 11.7. The first-order valence-electron chi connectivity index (χ1n) is 6.42. The van der Waals surface area contributed by atoms with Crippen molar-refractivity contribution >= 4 is 11.4 Å². The Balaban J connectivity index is 2.25. The van der Waals surface area contributed by atoms with Crippen molar-refractivity contribution < 1.29 is 15.1 Å². The van der Waals surface area contributed by atoms with Gasteiger partial charge in [0.2, 0.25) is 0 Å². The van der Waals surface area contributed by atoms with Crippen LogP contribution in [0.2, 0.25) is 0 Å². The zero-order chi connectivity index (χ0) is 15.6. The second kappa shape index (κ2) is 5.70. The van der Waals surface area contributed by atoms with Crippen LogP contribution in [0.3, 0.4) is 0 Å². The molecule has 2 rings (SSSR count). The molecule has 0 saturated carbocycles. The summed E-state index contributed by atoms with van der Waals surface area (Å²) in [5.74, 6) is -0.0500. The quantitative estimate of drug-likeness (QED) is 0.591. The number of nitro groups is 1. The molecule has 0 spiro atoms. The molecule has 3 N–H and O–H groups in total. The van der Waals surface area contributed by atoms with Gasteiger partial charge in [0.25, 0.3) is 5.69 Å². The minimum Gasteiger partial charge on any atom is -0.508 e. The Morgan fingerprint density at radius 3 is 2.52 bits per heavy atom. The fourth-order valence-electron chi connectivity index (χ4n) is 2.12. The number of hydrogen-bond acceptors (Lipinski definition) is 5. The maximum absolute atomic E-state index is 10.9. The molecule has 1 atom stereocenters. The Morgan fingerprint density at radius 1 is 1.19 bits per heavy atom. The van der Waals surface area contributed by atoms with Gasteiger partial charge in [0.05, 0.1) is 11.0 Å². The van der Waals surface area contributed by atoms with Crippen molar-refractivity contribution in [3.63, 3.8) is 0 Å². The third-order valence-corrected chi connectivity index (χ3v) is 3.27. The molecule has 0 aliphatic rings. The molecule has 110 valence electrons. The van der Waals surface area contributed by atoms with Gasteiger partial charge in [-0.25, -0.2) is 0 Å². The van der Waals surface area contributed by atoms with Crippen LogP contribution in [-0.4, -0.2) is 15.1 Å². The Labute approximate surface area is 121 Å². The van der Waals surface area contributed by atoms with E-state index in [0.29, 0.717) is 16.8 Å². The highest BCUT2D eigenvalue weighted by Gasteiger charge is 2.14. The molecule has 2 aromatic carbocycles. The van der Waals surface area contributed by atoms with Crippen LogP contribution in [0.4, 0.5) is 11.4 Å². The molecule has 0 aromatic heterocycles. The topological polar surface area (TPSA) is 95.6 Å². The molecule has 21 heavy (non-hydrogen) atoms. The number of hydrogen-bond donors (Lipinski definition) is 3. The molecule has 0 fully saturated rings. The van der Waals surface area contributed by atoms with Gasteiger partial charge in [0.15, 0.2) is 0 Å². The predicted molar refractivity (Wildman–Crippen MR) is 79.6 cm³/mol. The fourth-order valence-corrected chi connectivity index (χ4v) is 2.12. The Hall–Kier alpha value is -2.76. The van der Waals surface area contributed by atoms with Gasteiger partial charge in [-0.1, -0.05) is 6.07 Å². The number of phenols is 2. The molecule has 0 saturated heterocycles. The molecule has 0 radical (unpaired) electrons. The first-order valence-corrected chi connectivity index (χ1v) is 6.42. The van der Waals surface area contributed by atoms with Crippen molar-refractivity contribution in [3.8, 4) is 11.5 Å². The van der Waals surface area contributed by atoms with E-state index in [1.54, 1.807) is 25.1 Å². The lowest BCUT2D eigenvalue weighted by molar-refractivity contribution is -0.385. The summed E-state index contributed by atoms with van der Waals surface area (Å²) in [7, 11) is 0. The summed E-state index contributed by atoms with van der Waals surface area (Å²) in [5.41, 5.74) is 1.82. The number of aryl methyl sites for hydroxylation is 1. The van der Waals surface area contributed by atoms with Crippen molar-refractivity contribution in [2.75, 3.05) is 5.32 Å². The number of rotatable bonds is 4. The molecule has 6 nitrogen and oxygen atoms in total. The molecule has 0 bridgehead atoms. The first kappa shape index (κ1) is 14.6. The van der Waals surface area contributed by atoms with Gasteiger partial charge in [-0.15, -0.1) is 0 Å². The summed E-state index contributed by atoms with van der Waals surface area (Å²) in [4.78, 5) is 10.5. The monoisotopic (exact) mass is 288 g/mol. The van der Waals surface area contributed by atoms with E-state index in [9.17, 15) is 20.3 Å². The smallest absolute Gasteiger partial charge is 0.274 e. The molecular weight excluding hydrogens is 272 g/mol. The van der Waals surface area contributed by atoms with E-state index >= 15 is 0 Å². The molecule has 1 unspecified atom stereocenters. The van der Waals surface area contributed by atoms with E-state index < -0.39 is 4.92 Å². The summed E-state index contributed by atoms with van der Waals surface area (Å²) in [6, 6.07) is 8.94. The SMILES string of the molecule is Cc1ccc(NC(C)c2ccc(O)cc2O)cc1[N+](=O)[O-]. The molecule has 0 heterocycles. The molecule has 0 amide bonds. The fraction of sp³-hybridized carbons (Fsp3) is 0.200. The number of nitrogens with zero attached hydrogens (tertiary/aromatic N) is 1. The summed E-state index contributed by atoms with van der Waals surface area (Å²) in [6.45, 7) is 3.49. The molecule has 0 aliphatic heterocycles. The van der Waals surface area contributed by atoms with Crippen LogP contribution in [-0.2, 0) is 0 Å². The average Bonchev–Trinajstić information content (AvgIpc) is 2.40. The number of nitro benzene ring substituents is 1. The maximum atomic E-state index is 10.9. The van der Waals surface area contributed by atoms with E-state index in [0.717, 1.165) is 0 Å². The highest BCUT2D eigenvalue weighted by molar-refractivity contribution is 5.56. The highest BCUT2D eigenvalue weighted by atomic mass is 16.6.